The Morgan fingerprint density at radius 1 is 1.21 bits per heavy atom. The monoisotopic (exact) mass is 468 g/mol. The van der Waals surface area contributed by atoms with Gasteiger partial charge in [-0.15, -0.1) is 0 Å². The highest BCUT2D eigenvalue weighted by Crippen LogP contribution is 2.45. The number of H-pyrrole nitrogens is 1. The molecule has 3 N–H and O–H groups in total. The number of hydrogen-bond acceptors (Lipinski definition) is 8. The summed E-state index contributed by atoms with van der Waals surface area (Å²) in [6.45, 7) is 0.278. The number of nitrogens with zero attached hydrogens (tertiary/aromatic N) is 1. The van der Waals surface area contributed by atoms with Crippen LogP contribution >= 0.6 is 0 Å². The standard InChI is InChI=1S/C25H28N2O7/c1-16(29)34-19-9-7-17(8-10-19)25(12-5-4-6-21(25)27(2)3)23-22(20(31)11-13-26-23)24(32)33-15-18(30)14-28/h4-11,13,18,28,30H,12,14-15H2,1-3H3,(H,26,31). The molecule has 2 unspecified atom stereocenters. The van der Waals surface area contributed by atoms with Gasteiger partial charge < -0.3 is 29.6 Å². The number of pyridine rings is 1. The van der Waals surface area contributed by atoms with Crippen molar-refractivity contribution in [2.45, 2.75) is 24.9 Å². The fourth-order valence-electron chi connectivity index (χ4n) is 4.11. The minimum atomic E-state index is -1.26. The van der Waals surface area contributed by atoms with Crippen molar-refractivity contribution in [1.82, 2.24) is 9.88 Å². The highest BCUT2D eigenvalue weighted by atomic mass is 16.5. The number of aliphatic hydroxyl groups is 2. The number of carbonyl (C=O) groups excluding carboxylic acids is 2. The van der Waals surface area contributed by atoms with Gasteiger partial charge in [-0.1, -0.05) is 24.3 Å². The number of likely N-dealkylation sites (N-methyl/N-ethyl adjacent to an activating group) is 1. The van der Waals surface area contributed by atoms with Gasteiger partial charge in [0, 0.05) is 39.0 Å². The van der Waals surface area contributed by atoms with Gasteiger partial charge in [0.2, 0.25) is 0 Å². The summed E-state index contributed by atoms with van der Waals surface area (Å²) in [6, 6.07) is 8.11. The molecule has 0 fully saturated rings. The van der Waals surface area contributed by atoms with Crippen LogP contribution in [0.25, 0.3) is 0 Å². The maximum atomic E-state index is 13.0. The minimum Gasteiger partial charge on any atom is -0.459 e. The third-order valence-electron chi connectivity index (χ3n) is 5.55. The lowest BCUT2D eigenvalue weighted by Gasteiger charge is -2.41. The van der Waals surface area contributed by atoms with Crippen LogP contribution in [0.3, 0.4) is 0 Å². The zero-order chi connectivity index (χ0) is 24.9. The van der Waals surface area contributed by atoms with Crippen LogP contribution in [0.4, 0.5) is 0 Å². The Labute approximate surface area is 196 Å². The summed E-state index contributed by atoms with van der Waals surface area (Å²) in [4.78, 5) is 42.3. The van der Waals surface area contributed by atoms with Crippen molar-refractivity contribution in [3.8, 4) is 5.75 Å². The van der Waals surface area contributed by atoms with Gasteiger partial charge in [-0.05, 0) is 30.2 Å². The molecule has 2 aromatic rings. The number of nitrogens with one attached hydrogen (secondary N) is 1. The van der Waals surface area contributed by atoms with E-state index in [2.05, 4.69) is 4.98 Å². The summed E-state index contributed by atoms with van der Waals surface area (Å²) in [6.07, 6.45) is 6.37. The average Bonchev–Trinajstić information content (AvgIpc) is 2.82. The molecule has 0 bridgehead atoms. The molecule has 0 saturated heterocycles. The first kappa shape index (κ1) is 24.9. The molecule has 1 aromatic carbocycles. The molecule has 34 heavy (non-hydrogen) atoms. The van der Waals surface area contributed by atoms with Gasteiger partial charge in [0.15, 0.2) is 5.43 Å². The minimum absolute atomic E-state index is 0.195. The van der Waals surface area contributed by atoms with E-state index < -0.39 is 42.1 Å². The molecule has 0 amide bonds. The van der Waals surface area contributed by atoms with Crippen LogP contribution in [-0.4, -0.2) is 65.4 Å². The molecule has 1 aliphatic rings. The summed E-state index contributed by atoms with van der Waals surface area (Å²) in [5, 5.41) is 18.6. The Bertz CT molecular complexity index is 1160. The molecule has 0 spiro atoms. The molecular formula is C25H28N2O7. The van der Waals surface area contributed by atoms with Crippen molar-refractivity contribution in [2.75, 3.05) is 27.3 Å². The lowest BCUT2D eigenvalue weighted by atomic mass is 9.68. The fourth-order valence-corrected chi connectivity index (χ4v) is 4.11. The number of hydrogen-bond donors (Lipinski definition) is 3. The zero-order valence-electron chi connectivity index (χ0n) is 19.3. The second-order valence-electron chi connectivity index (χ2n) is 8.13. The number of aromatic amines is 1. The number of esters is 2. The van der Waals surface area contributed by atoms with Crippen LogP contribution < -0.4 is 10.2 Å². The molecule has 0 aliphatic heterocycles. The highest BCUT2D eigenvalue weighted by Gasteiger charge is 2.44. The van der Waals surface area contributed by atoms with Crippen molar-refractivity contribution in [3.05, 3.63) is 87.5 Å². The first-order valence-corrected chi connectivity index (χ1v) is 10.7. The van der Waals surface area contributed by atoms with Gasteiger partial charge in [-0.25, -0.2) is 4.79 Å². The van der Waals surface area contributed by atoms with Crippen LogP contribution in [0.15, 0.2) is 65.2 Å². The van der Waals surface area contributed by atoms with E-state index in [1.807, 2.05) is 37.2 Å². The average molecular weight is 469 g/mol. The highest BCUT2D eigenvalue weighted by molar-refractivity contribution is 5.91. The number of ether oxygens (including phenoxy) is 2. The Morgan fingerprint density at radius 3 is 2.53 bits per heavy atom. The predicted octanol–water partition coefficient (Wildman–Crippen LogP) is 1.50. The Hall–Kier alpha value is -3.69. The van der Waals surface area contributed by atoms with E-state index >= 15 is 0 Å². The molecule has 3 rings (SSSR count). The van der Waals surface area contributed by atoms with E-state index in [4.69, 9.17) is 14.6 Å². The number of rotatable bonds is 8. The predicted molar refractivity (Wildman–Crippen MR) is 124 cm³/mol. The molecular weight excluding hydrogens is 440 g/mol. The number of aromatic nitrogens is 1. The van der Waals surface area contributed by atoms with Crippen LogP contribution in [-0.2, 0) is 14.9 Å². The third-order valence-corrected chi connectivity index (χ3v) is 5.55. The number of allylic oxidation sites excluding steroid dienone is 4. The normalized spacial score (nSPS) is 18.1. The summed E-state index contributed by atoms with van der Waals surface area (Å²) in [5.41, 5.74) is 0.172. The fraction of sp³-hybridized carbons (Fsp3) is 0.320. The molecule has 2 atom stereocenters. The van der Waals surface area contributed by atoms with Gasteiger partial charge in [-0.2, -0.15) is 0 Å². The van der Waals surface area contributed by atoms with Crippen LogP contribution in [0, 0.1) is 0 Å². The summed E-state index contributed by atoms with van der Waals surface area (Å²) < 4.78 is 10.3. The van der Waals surface area contributed by atoms with Crippen molar-refractivity contribution in [3.63, 3.8) is 0 Å². The topological polar surface area (TPSA) is 129 Å². The van der Waals surface area contributed by atoms with Crippen molar-refractivity contribution >= 4 is 11.9 Å². The zero-order valence-corrected chi connectivity index (χ0v) is 19.3. The summed E-state index contributed by atoms with van der Waals surface area (Å²) in [7, 11) is 3.73. The lowest BCUT2D eigenvalue weighted by Crippen LogP contribution is -2.41. The summed E-state index contributed by atoms with van der Waals surface area (Å²) >= 11 is 0. The summed E-state index contributed by atoms with van der Waals surface area (Å²) in [5.74, 6) is -0.986. The SMILES string of the molecule is CC(=O)Oc1ccc(C2(c3[nH]ccc(=O)c3C(=O)OCC(O)CO)CC=CC=C2N(C)C)cc1. The van der Waals surface area contributed by atoms with E-state index in [-0.39, 0.29) is 5.56 Å². The van der Waals surface area contributed by atoms with E-state index in [1.54, 1.807) is 24.3 Å². The van der Waals surface area contributed by atoms with E-state index in [0.29, 0.717) is 17.9 Å². The molecule has 0 saturated carbocycles. The molecule has 9 nitrogen and oxygen atoms in total. The molecule has 0 radical (unpaired) electrons. The van der Waals surface area contributed by atoms with Crippen molar-refractivity contribution in [1.29, 1.82) is 0 Å². The van der Waals surface area contributed by atoms with Crippen molar-refractivity contribution in [2.24, 2.45) is 0 Å². The maximum Gasteiger partial charge on any atom is 0.344 e. The maximum absolute atomic E-state index is 13.0. The van der Waals surface area contributed by atoms with Gasteiger partial charge in [0.1, 0.15) is 24.0 Å². The number of benzene rings is 1. The quantitative estimate of drug-likeness (QED) is 0.393. The second kappa shape index (κ2) is 10.5. The third kappa shape index (κ3) is 4.95. The van der Waals surface area contributed by atoms with Gasteiger partial charge >= 0.3 is 11.9 Å². The van der Waals surface area contributed by atoms with Crippen LogP contribution in [0.5, 0.6) is 5.75 Å². The number of aliphatic hydroxyl groups excluding tert-OH is 2. The van der Waals surface area contributed by atoms with E-state index in [1.165, 1.54) is 19.2 Å². The number of carbonyl (C=O) groups is 2. The van der Waals surface area contributed by atoms with Gasteiger partial charge in [-0.3, -0.25) is 9.59 Å². The molecule has 1 heterocycles. The van der Waals surface area contributed by atoms with E-state index in [9.17, 15) is 19.5 Å². The van der Waals surface area contributed by atoms with E-state index in [0.717, 1.165) is 11.3 Å². The smallest absolute Gasteiger partial charge is 0.344 e. The first-order chi connectivity index (χ1) is 16.2. The van der Waals surface area contributed by atoms with Crippen LogP contribution in [0.2, 0.25) is 0 Å². The van der Waals surface area contributed by atoms with Crippen molar-refractivity contribution < 1.29 is 29.3 Å². The largest absolute Gasteiger partial charge is 0.459 e. The molecule has 9 heteroatoms. The van der Waals surface area contributed by atoms with Crippen LogP contribution in [0.1, 0.15) is 35.0 Å². The Kier molecular flexibility index (Phi) is 7.70. The lowest BCUT2D eigenvalue weighted by molar-refractivity contribution is -0.131. The molecule has 180 valence electrons. The Balaban J connectivity index is 2.22. The Morgan fingerprint density at radius 2 is 1.91 bits per heavy atom. The molecule has 1 aromatic heterocycles. The second-order valence-corrected chi connectivity index (χ2v) is 8.13. The molecule has 1 aliphatic carbocycles. The first-order valence-electron chi connectivity index (χ1n) is 10.7. The van der Waals surface area contributed by atoms with Gasteiger partial charge in [0.05, 0.1) is 17.7 Å². The van der Waals surface area contributed by atoms with Gasteiger partial charge in [0.25, 0.3) is 0 Å².